The molecule has 54 valence electrons. The molecule has 0 rings (SSSR count). The topological polar surface area (TPSA) is 49.3 Å². The highest BCUT2D eigenvalue weighted by Crippen LogP contribution is 1.80. The van der Waals surface area contributed by atoms with Crippen molar-refractivity contribution in [1.82, 2.24) is 5.32 Å². The van der Waals surface area contributed by atoms with E-state index in [0.29, 0.717) is 6.54 Å². The number of aliphatic hydroxyl groups is 1. The Morgan fingerprint density at radius 2 is 2.40 bits per heavy atom. The van der Waals surface area contributed by atoms with Crippen molar-refractivity contribution in [3.63, 3.8) is 0 Å². The summed E-state index contributed by atoms with van der Waals surface area (Å²) in [5.74, 6) is 1.52. The van der Waals surface area contributed by atoms with E-state index in [2.05, 4.69) is 11.9 Å². The van der Waals surface area contributed by atoms with Crippen LogP contribution in [0.25, 0.3) is 0 Å². The first kappa shape index (κ1) is 8.57. The van der Waals surface area contributed by atoms with Crippen LogP contribution in [0.3, 0.4) is 0 Å². The standard InChI is InChI=1S/C7H9NO2/c1-3-7(10)4-5-8-6(2)9/h1,8-9H,2,4-5H2. The molecule has 0 aliphatic rings. The summed E-state index contributed by atoms with van der Waals surface area (Å²) >= 11 is 0. The Bertz CT molecular complexity index is 179. The number of hydrogen-bond acceptors (Lipinski definition) is 3. The second-order valence-corrected chi connectivity index (χ2v) is 1.69. The predicted molar refractivity (Wildman–Crippen MR) is 38.2 cm³/mol. The van der Waals surface area contributed by atoms with Gasteiger partial charge in [0.15, 0.2) is 5.88 Å². The zero-order chi connectivity index (χ0) is 7.98. The molecule has 3 nitrogen and oxygen atoms in total. The summed E-state index contributed by atoms with van der Waals surface area (Å²) in [7, 11) is 0. The first-order chi connectivity index (χ1) is 4.66. The fourth-order valence-corrected chi connectivity index (χ4v) is 0.392. The highest BCUT2D eigenvalue weighted by Gasteiger charge is 1.94. The summed E-state index contributed by atoms with van der Waals surface area (Å²) in [4.78, 5) is 10.4. The van der Waals surface area contributed by atoms with Gasteiger partial charge in [0.1, 0.15) is 0 Å². The van der Waals surface area contributed by atoms with E-state index in [1.165, 1.54) is 0 Å². The average Bonchev–Trinajstić information content (AvgIpc) is 1.87. The number of Topliss-reactive ketones (excluding diaryl/α,β-unsaturated/α-hetero) is 1. The van der Waals surface area contributed by atoms with Gasteiger partial charge in [-0.15, -0.1) is 6.42 Å². The van der Waals surface area contributed by atoms with Crippen molar-refractivity contribution < 1.29 is 9.90 Å². The van der Waals surface area contributed by atoms with Crippen molar-refractivity contribution >= 4 is 5.78 Å². The zero-order valence-corrected chi connectivity index (χ0v) is 5.55. The third-order valence-electron chi connectivity index (χ3n) is 0.842. The molecule has 0 saturated carbocycles. The molecule has 0 aliphatic carbocycles. The molecule has 0 bridgehead atoms. The van der Waals surface area contributed by atoms with E-state index < -0.39 is 0 Å². The number of terminal acetylenes is 1. The molecule has 0 aliphatic heterocycles. The third kappa shape index (κ3) is 4.72. The van der Waals surface area contributed by atoms with Crippen LogP contribution in [0.4, 0.5) is 0 Å². The van der Waals surface area contributed by atoms with Crippen molar-refractivity contribution in [2.45, 2.75) is 6.42 Å². The van der Waals surface area contributed by atoms with Crippen LogP contribution in [0.1, 0.15) is 6.42 Å². The minimum Gasteiger partial charge on any atom is -0.495 e. The van der Waals surface area contributed by atoms with Gasteiger partial charge in [0, 0.05) is 13.0 Å². The molecule has 0 aromatic carbocycles. The van der Waals surface area contributed by atoms with E-state index in [9.17, 15) is 4.79 Å². The van der Waals surface area contributed by atoms with Crippen molar-refractivity contribution in [2.75, 3.05) is 6.54 Å². The molecule has 2 N–H and O–H groups in total. The van der Waals surface area contributed by atoms with Crippen LogP contribution in [-0.4, -0.2) is 17.4 Å². The highest BCUT2D eigenvalue weighted by atomic mass is 16.3. The van der Waals surface area contributed by atoms with Gasteiger partial charge < -0.3 is 10.4 Å². The van der Waals surface area contributed by atoms with Crippen molar-refractivity contribution in [3.8, 4) is 12.3 Å². The summed E-state index contributed by atoms with van der Waals surface area (Å²) in [5.41, 5.74) is 0. The molecule has 0 spiro atoms. The summed E-state index contributed by atoms with van der Waals surface area (Å²) in [5, 5.41) is 10.9. The Morgan fingerprint density at radius 1 is 1.80 bits per heavy atom. The van der Waals surface area contributed by atoms with Crippen LogP contribution < -0.4 is 5.32 Å². The maximum absolute atomic E-state index is 10.4. The fourth-order valence-electron chi connectivity index (χ4n) is 0.392. The van der Waals surface area contributed by atoms with Crippen LogP contribution in [0, 0.1) is 12.3 Å². The van der Waals surface area contributed by atoms with Gasteiger partial charge in [-0.25, -0.2) is 0 Å². The monoisotopic (exact) mass is 139 g/mol. The number of nitrogens with one attached hydrogen (secondary N) is 1. The Balaban J connectivity index is 3.31. The predicted octanol–water partition coefficient (Wildman–Crippen LogP) is 0.198. The summed E-state index contributed by atoms with van der Waals surface area (Å²) in [6.45, 7) is 3.49. The van der Waals surface area contributed by atoms with Gasteiger partial charge in [0.25, 0.3) is 0 Å². The first-order valence-corrected chi connectivity index (χ1v) is 2.78. The second-order valence-electron chi connectivity index (χ2n) is 1.69. The van der Waals surface area contributed by atoms with E-state index in [1.54, 1.807) is 0 Å². The largest absolute Gasteiger partial charge is 0.495 e. The Labute approximate surface area is 59.7 Å². The zero-order valence-electron chi connectivity index (χ0n) is 5.55. The normalized spacial score (nSPS) is 7.90. The van der Waals surface area contributed by atoms with Gasteiger partial charge in [-0.1, -0.05) is 0 Å². The molecule has 0 unspecified atom stereocenters. The molecule has 0 aromatic rings. The molecular formula is C7H9NO2. The lowest BCUT2D eigenvalue weighted by atomic mass is 10.3. The molecule has 0 fully saturated rings. The molecule has 0 atom stereocenters. The van der Waals surface area contributed by atoms with E-state index in [-0.39, 0.29) is 18.1 Å². The lowest BCUT2D eigenvalue weighted by molar-refractivity contribution is -0.113. The van der Waals surface area contributed by atoms with Crippen LogP contribution in [0.2, 0.25) is 0 Å². The number of rotatable bonds is 4. The van der Waals surface area contributed by atoms with Gasteiger partial charge in [-0.2, -0.15) is 0 Å². The lowest BCUT2D eigenvalue weighted by Crippen LogP contribution is -2.15. The van der Waals surface area contributed by atoms with Crippen molar-refractivity contribution in [3.05, 3.63) is 12.5 Å². The second kappa shape index (κ2) is 4.45. The fraction of sp³-hybridized carbons (Fsp3) is 0.286. The molecular weight excluding hydrogens is 130 g/mol. The third-order valence-corrected chi connectivity index (χ3v) is 0.842. The SMILES string of the molecule is C#CC(=O)CCNC(=C)O. The van der Waals surface area contributed by atoms with Gasteiger partial charge in [-0.3, -0.25) is 4.79 Å². The highest BCUT2D eigenvalue weighted by molar-refractivity contribution is 5.94. The average molecular weight is 139 g/mol. The molecule has 0 amide bonds. The van der Waals surface area contributed by atoms with Crippen LogP contribution >= 0.6 is 0 Å². The van der Waals surface area contributed by atoms with Crippen LogP contribution in [0.15, 0.2) is 12.5 Å². The Kier molecular flexibility index (Phi) is 3.81. The molecule has 0 heterocycles. The number of ketones is 1. The Morgan fingerprint density at radius 3 is 2.80 bits per heavy atom. The summed E-state index contributed by atoms with van der Waals surface area (Å²) in [6.07, 6.45) is 5.00. The number of carbonyl (C=O) groups is 1. The van der Waals surface area contributed by atoms with Crippen molar-refractivity contribution in [1.29, 1.82) is 0 Å². The van der Waals surface area contributed by atoms with E-state index in [4.69, 9.17) is 11.5 Å². The maximum atomic E-state index is 10.4. The van der Waals surface area contributed by atoms with Gasteiger partial charge >= 0.3 is 0 Å². The van der Waals surface area contributed by atoms with Crippen LogP contribution in [0.5, 0.6) is 0 Å². The molecule has 3 heteroatoms. The number of aliphatic hydroxyl groups excluding tert-OH is 1. The number of hydrogen-bond donors (Lipinski definition) is 2. The molecule has 10 heavy (non-hydrogen) atoms. The smallest absolute Gasteiger partial charge is 0.206 e. The maximum Gasteiger partial charge on any atom is 0.206 e. The van der Waals surface area contributed by atoms with E-state index in [1.807, 2.05) is 5.92 Å². The minimum absolute atomic E-state index is 0.148. The Hall–Kier alpha value is -1.43. The molecule has 0 saturated heterocycles. The summed E-state index contributed by atoms with van der Waals surface area (Å²) < 4.78 is 0. The lowest BCUT2D eigenvalue weighted by Gasteiger charge is -1.98. The van der Waals surface area contributed by atoms with E-state index >= 15 is 0 Å². The van der Waals surface area contributed by atoms with Gasteiger partial charge in [-0.05, 0) is 12.5 Å². The minimum atomic E-state index is -0.284. The van der Waals surface area contributed by atoms with Crippen molar-refractivity contribution in [2.24, 2.45) is 0 Å². The summed E-state index contributed by atoms with van der Waals surface area (Å²) in [6, 6.07) is 0. The number of carbonyl (C=O) groups excluding carboxylic acids is 1. The van der Waals surface area contributed by atoms with Gasteiger partial charge in [0.05, 0.1) is 0 Å². The molecule has 0 radical (unpaired) electrons. The van der Waals surface area contributed by atoms with E-state index in [0.717, 1.165) is 0 Å². The quantitative estimate of drug-likeness (QED) is 0.332. The first-order valence-electron chi connectivity index (χ1n) is 2.78. The van der Waals surface area contributed by atoms with Gasteiger partial charge in [0.2, 0.25) is 5.78 Å². The van der Waals surface area contributed by atoms with Crippen LogP contribution in [-0.2, 0) is 4.79 Å². The molecule has 0 aromatic heterocycles.